The van der Waals surface area contributed by atoms with Gasteiger partial charge in [0.25, 0.3) is 0 Å². The summed E-state index contributed by atoms with van der Waals surface area (Å²) in [5, 5.41) is 19.2. The molecule has 4 nitrogen and oxygen atoms in total. The zero-order valence-electron chi connectivity index (χ0n) is 13.4. The van der Waals surface area contributed by atoms with Gasteiger partial charge in [0.05, 0.1) is 0 Å². The first kappa shape index (κ1) is 15.9. The minimum Gasteiger partial charge on any atom is -0.508 e. The van der Waals surface area contributed by atoms with Crippen molar-refractivity contribution in [2.24, 2.45) is 0 Å². The molecule has 0 aliphatic heterocycles. The molecular formula is C20H19NO3. The minimum atomic E-state index is -0.875. The minimum absolute atomic E-state index is 0.174. The molecule has 1 aromatic heterocycles. The fraction of sp³-hybridized carbons (Fsp3) is 0.150. The molecule has 0 radical (unpaired) electrons. The standard InChI is InChI=1S/C20H19NO3/c1-14-7-12-18(16-5-3-2-4-6-16)21(14)19(20(23)24)13-15-8-10-17(22)11-9-15/h2-12,19,22H,13H2,1H3,(H,23,24). The third kappa shape index (κ3) is 3.18. The Balaban J connectivity index is 2.02. The Morgan fingerprint density at radius 1 is 1.00 bits per heavy atom. The number of carboxylic acid groups (broad SMARTS) is 1. The number of hydrogen-bond donors (Lipinski definition) is 2. The van der Waals surface area contributed by atoms with Gasteiger partial charge in [0, 0.05) is 17.8 Å². The molecule has 3 aromatic rings. The molecule has 122 valence electrons. The van der Waals surface area contributed by atoms with Crippen LogP contribution in [0.2, 0.25) is 0 Å². The smallest absolute Gasteiger partial charge is 0.327 e. The van der Waals surface area contributed by atoms with Crippen molar-refractivity contribution in [3.8, 4) is 17.0 Å². The number of nitrogens with zero attached hydrogens (tertiary/aromatic N) is 1. The van der Waals surface area contributed by atoms with Gasteiger partial charge in [-0.05, 0) is 42.3 Å². The van der Waals surface area contributed by atoms with Crippen molar-refractivity contribution in [3.63, 3.8) is 0 Å². The quantitative estimate of drug-likeness (QED) is 0.745. The summed E-state index contributed by atoms with van der Waals surface area (Å²) in [7, 11) is 0. The van der Waals surface area contributed by atoms with E-state index in [2.05, 4.69) is 0 Å². The summed E-state index contributed by atoms with van der Waals surface area (Å²) in [6.45, 7) is 1.92. The average Bonchev–Trinajstić information content (AvgIpc) is 2.96. The van der Waals surface area contributed by atoms with Crippen LogP contribution in [0.5, 0.6) is 5.75 Å². The van der Waals surface area contributed by atoms with Crippen LogP contribution in [0.3, 0.4) is 0 Å². The van der Waals surface area contributed by atoms with Gasteiger partial charge >= 0.3 is 5.97 Å². The van der Waals surface area contributed by atoms with Crippen LogP contribution < -0.4 is 0 Å². The van der Waals surface area contributed by atoms with E-state index >= 15 is 0 Å². The lowest BCUT2D eigenvalue weighted by Gasteiger charge is -2.20. The van der Waals surface area contributed by atoms with Crippen molar-refractivity contribution in [1.29, 1.82) is 0 Å². The van der Waals surface area contributed by atoms with Gasteiger partial charge in [-0.2, -0.15) is 0 Å². The second kappa shape index (κ2) is 6.62. The van der Waals surface area contributed by atoms with Gasteiger partial charge in [0.2, 0.25) is 0 Å². The first-order valence-electron chi connectivity index (χ1n) is 7.80. The number of aryl methyl sites for hydroxylation is 1. The molecule has 4 heteroatoms. The van der Waals surface area contributed by atoms with E-state index in [1.807, 2.05) is 54.0 Å². The van der Waals surface area contributed by atoms with Gasteiger partial charge in [-0.15, -0.1) is 0 Å². The normalized spacial score (nSPS) is 12.0. The third-order valence-corrected chi connectivity index (χ3v) is 4.15. The van der Waals surface area contributed by atoms with Crippen molar-refractivity contribution in [1.82, 2.24) is 4.57 Å². The predicted molar refractivity (Wildman–Crippen MR) is 93.1 cm³/mol. The summed E-state index contributed by atoms with van der Waals surface area (Å²) in [6.07, 6.45) is 0.352. The summed E-state index contributed by atoms with van der Waals surface area (Å²) >= 11 is 0. The van der Waals surface area contributed by atoms with E-state index in [1.54, 1.807) is 24.3 Å². The Morgan fingerprint density at radius 2 is 1.67 bits per heavy atom. The number of hydrogen-bond acceptors (Lipinski definition) is 2. The molecule has 0 aliphatic rings. The first-order valence-corrected chi connectivity index (χ1v) is 7.80. The lowest BCUT2D eigenvalue weighted by molar-refractivity contribution is -0.140. The molecule has 0 amide bonds. The number of phenolic OH excluding ortho intramolecular Hbond substituents is 1. The monoisotopic (exact) mass is 321 g/mol. The molecule has 2 N–H and O–H groups in total. The van der Waals surface area contributed by atoms with E-state index in [9.17, 15) is 15.0 Å². The number of benzene rings is 2. The Labute approximate surface area is 140 Å². The third-order valence-electron chi connectivity index (χ3n) is 4.15. The van der Waals surface area contributed by atoms with E-state index in [0.29, 0.717) is 6.42 Å². The molecule has 1 heterocycles. The van der Waals surface area contributed by atoms with Crippen molar-refractivity contribution in [2.45, 2.75) is 19.4 Å². The zero-order valence-corrected chi connectivity index (χ0v) is 13.4. The fourth-order valence-corrected chi connectivity index (χ4v) is 2.95. The van der Waals surface area contributed by atoms with Gasteiger partial charge in [-0.25, -0.2) is 4.79 Å². The van der Waals surface area contributed by atoms with Crippen LogP contribution in [0.1, 0.15) is 17.3 Å². The first-order chi connectivity index (χ1) is 11.6. The summed E-state index contributed by atoms with van der Waals surface area (Å²) in [4.78, 5) is 11.9. The molecule has 0 bridgehead atoms. The van der Waals surface area contributed by atoms with Gasteiger partial charge < -0.3 is 14.8 Å². The Kier molecular flexibility index (Phi) is 4.38. The molecule has 0 spiro atoms. The fourth-order valence-electron chi connectivity index (χ4n) is 2.95. The molecule has 0 fully saturated rings. The maximum atomic E-state index is 11.9. The van der Waals surface area contributed by atoms with Crippen LogP contribution >= 0.6 is 0 Å². The van der Waals surface area contributed by atoms with Crippen LogP contribution in [-0.4, -0.2) is 20.7 Å². The molecule has 24 heavy (non-hydrogen) atoms. The molecule has 0 saturated heterocycles. The second-order valence-electron chi connectivity index (χ2n) is 5.82. The van der Waals surface area contributed by atoms with Crippen molar-refractivity contribution >= 4 is 5.97 Å². The van der Waals surface area contributed by atoms with E-state index in [4.69, 9.17) is 0 Å². The van der Waals surface area contributed by atoms with Crippen molar-refractivity contribution in [2.75, 3.05) is 0 Å². The topological polar surface area (TPSA) is 62.5 Å². The van der Waals surface area contributed by atoms with Crippen LogP contribution in [-0.2, 0) is 11.2 Å². The number of carboxylic acids is 1. The largest absolute Gasteiger partial charge is 0.508 e. The summed E-state index contributed by atoms with van der Waals surface area (Å²) in [5.41, 5.74) is 3.65. The average molecular weight is 321 g/mol. The Bertz CT molecular complexity index is 835. The zero-order chi connectivity index (χ0) is 17.1. The second-order valence-corrected chi connectivity index (χ2v) is 5.82. The number of aliphatic carboxylic acids is 1. The van der Waals surface area contributed by atoms with Crippen molar-refractivity contribution in [3.05, 3.63) is 78.0 Å². The number of rotatable bonds is 5. The predicted octanol–water partition coefficient (Wildman–Crippen LogP) is 4.04. The van der Waals surface area contributed by atoms with E-state index in [1.165, 1.54) is 0 Å². The van der Waals surface area contributed by atoms with Gasteiger partial charge in [-0.3, -0.25) is 0 Å². The lowest BCUT2D eigenvalue weighted by atomic mass is 10.0. The van der Waals surface area contributed by atoms with Gasteiger partial charge in [0.1, 0.15) is 11.8 Å². The number of aromatic nitrogens is 1. The summed E-state index contributed by atoms with van der Waals surface area (Å²) < 4.78 is 1.87. The highest BCUT2D eigenvalue weighted by Crippen LogP contribution is 2.28. The van der Waals surface area contributed by atoms with Gasteiger partial charge in [0.15, 0.2) is 0 Å². The molecule has 0 aliphatic carbocycles. The highest BCUT2D eigenvalue weighted by molar-refractivity contribution is 5.75. The molecule has 2 aromatic carbocycles. The number of aromatic hydroxyl groups is 1. The van der Waals surface area contributed by atoms with Crippen molar-refractivity contribution < 1.29 is 15.0 Å². The number of phenols is 1. The lowest BCUT2D eigenvalue weighted by Crippen LogP contribution is -2.23. The number of carbonyl (C=O) groups is 1. The summed E-state index contributed by atoms with van der Waals surface area (Å²) in [6, 6.07) is 19.6. The maximum Gasteiger partial charge on any atom is 0.327 e. The van der Waals surface area contributed by atoms with Crippen LogP contribution in [0.4, 0.5) is 0 Å². The van der Waals surface area contributed by atoms with E-state index in [-0.39, 0.29) is 5.75 Å². The highest BCUT2D eigenvalue weighted by Gasteiger charge is 2.24. The van der Waals surface area contributed by atoms with Crippen LogP contribution in [0.15, 0.2) is 66.7 Å². The van der Waals surface area contributed by atoms with Crippen LogP contribution in [0.25, 0.3) is 11.3 Å². The molecule has 3 rings (SSSR count). The van der Waals surface area contributed by atoms with E-state index < -0.39 is 12.0 Å². The Morgan fingerprint density at radius 3 is 2.29 bits per heavy atom. The molecular weight excluding hydrogens is 302 g/mol. The van der Waals surface area contributed by atoms with Crippen LogP contribution in [0, 0.1) is 6.92 Å². The molecule has 1 atom stereocenters. The van der Waals surface area contributed by atoms with Gasteiger partial charge in [-0.1, -0.05) is 42.5 Å². The summed E-state index contributed by atoms with van der Waals surface area (Å²) in [5.74, 6) is -0.702. The SMILES string of the molecule is Cc1ccc(-c2ccccc2)n1C(Cc1ccc(O)cc1)C(=O)O. The molecule has 1 unspecified atom stereocenters. The van der Waals surface area contributed by atoms with E-state index in [0.717, 1.165) is 22.5 Å². The highest BCUT2D eigenvalue weighted by atomic mass is 16.4. The Hall–Kier alpha value is -3.01. The molecule has 0 saturated carbocycles. The maximum absolute atomic E-state index is 11.9.